The Bertz CT molecular complexity index is 1220. The Morgan fingerprint density at radius 3 is 2.42 bits per heavy atom. The van der Waals surface area contributed by atoms with Crippen LogP contribution < -0.4 is 15.1 Å². The van der Waals surface area contributed by atoms with Crippen molar-refractivity contribution in [1.29, 1.82) is 0 Å². The average Bonchev–Trinajstić information content (AvgIpc) is 3.47. The second-order valence-corrected chi connectivity index (χ2v) is 10.4. The van der Waals surface area contributed by atoms with Crippen LogP contribution in [0.1, 0.15) is 18.9 Å². The summed E-state index contributed by atoms with van der Waals surface area (Å²) in [6, 6.07) is 12.2. The van der Waals surface area contributed by atoms with E-state index in [1.54, 1.807) is 17.1 Å². The van der Waals surface area contributed by atoms with Gasteiger partial charge in [-0.1, -0.05) is 6.92 Å². The minimum absolute atomic E-state index is 0.264. The molecule has 190 valence electrons. The van der Waals surface area contributed by atoms with Crippen LogP contribution in [0.15, 0.2) is 42.7 Å². The Morgan fingerprint density at radius 1 is 0.917 bits per heavy atom. The fourth-order valence-electron chi connectivity index (χ4n) is 5.41. The van der Waals surface area contributed by atoms with Gasteiger partial charge in [0.15, 0.2) is 0 Å². The topological polar surface area (TPSA) is 61.7 Å². The second-order valence-electron chi connectivity index (χ2n) is 10.4. The van der Waals surface area contributed by atoms with Gasteiger partial charge in [-0.05, 0) is 61.2 Å². The van der Waals surface area contributed by atoms with Crippen molar-refractivity contribution >= 4 is 23.0 Å². The van der Waals surface area contributed by atoms with E-state index in [1.807, 2.05) is 6.07 Å². The molecule has 36 heavy (non-hydrogen) atoms. The van der Waals surface area contributed by atoms with Crippen molar-refractivity contribution < 1.29 is 9.13 Å². The summed E-state index contributed by atoms with van der Waals surface area (Å²) in [5.41, 5.74) is 4.90. The van der Waals surface area contributed by atoms with Crippen LogP contribution in [0.2, 0.25) is 0 Å². The van der Waals surface area contributed by atoms with Crippen LogP contribution in [0.5, 0.6) is 0 Å². The molecular weight excluding hydrogens is 457 g/mol. The Labute approximate surface area is 211 Å². The van der Waals surface area contributed by atoms with Gasteiger partial charge in [0, 0.05) is 56.3 Å². The molecule has 1 atom stereocenters. The average molecular weight is 492 g/mol. The number of hydrogen-bond acceptors (Lipinski definition) is 7. The van der Waals surface area contributed by atoms with Crippen LogP contribution in [0.4, 0.5) is 27.4 Å². The fourth-order valence-corrected chi connectivity index (χ4v) is 5.41. The van der Waals surface area contributed by atoms with E-state index in [0.717, 1.165) is 70.3 Å². The summed E-state index contributed by atoms with van der Waals surface area (Å²) in [7, 11) is 0. The third kappa shape index (κ3) is 4.90. The predicted molar refractivity (Wildman–Crippen MR) is 140 cm³/mol. The SMILES string of the molecule is Cc1cc(Nc2ncn(-c3cc(F)cc(N4CC[C@@H](C)C4)c3)n2)cc(N2CCN(C3COC3)CC2)c1. The van der Waals surface area contributed by atoms with E-state index in [9.17, 15) is 4.39 Å². The lowest BCUT2D eigenvalue weighted by Crippen LogP contribution is -2.56. The first-order valence-corrected chi connectivity index (χ1v) is 12.9. The molecule has 9 heteroatoms. The van der Waals surface area contributed by atoms with Crippen LogP contribution in [-0.4, -0.2) is 78.2 Å². The molecule has 0 amide bonds. The lowest BCUT2D eigenvalue weighted by molar-refractivity contribution is -0.0660. The molecule has 0 spiro atoms. The number of benzene rings is 2. The van der Waals surface area contributed by atoms with Gasteiger partial charge in [0.05, 0.1) is 24.9 Å². The van der Waals surface area contributed by atoms with E-state index in [1.165, 1.54) is 17.3 Å². The van der Waals surface area contributed by atoms with Gasteiger partial charge in [0.25, 0.3) is 0 Å². The molecule has 3 aliphatic rings. The minimum atomic E-state index is -0.264. The number of halogens is 1. The van der Waals surface area contributed by atoms with Gasteiger partial charge < -0.3 is 19.9 Å². The summed E-state index contributed by atoms with van der Waals surface area (Å²) in [5, 5.41) is 7.94. The maximum atomic E-state index is 14.5. The first kappa shape index (κ1) is 23.2. The van der Waals surface area contributed by atoms with Crippen LogP contribution in [-0.2, 0) is 4.74 Å². The summed E-state index contributed by atoms with van der Waals surface area (Å²) < 4.78 is 21.4. The molecule has 1 aromatic heterocycles. The Hall–Kier alpha value is -3.17. The Kier molecular flexibility index (Phi) is 6.27. The number of rotatable bonds is 6. The van der Waals surface area contributed by atoms with Crippen LogP contribution in [0.3, 0.4) is 0 Å². The van der Waals surface area contributed by atoms with Gasteiger partial charge in [-0.2, -0.15) is 4.98 Å². The molecule has 3 aliphatic heterocycles. The van der Waals surface area contributed by atoms with Gasteiger partial charge >= 0.3 is 0 Å². The van der Waals surface area contributed by atoms with Crippen molar-refractivity contribution in [2.75, 3.05) is 67.6 Å². The first-order valence-electron chi connectivity index (χ1n) is 12.9. The molecule has 0 radical (unpaired) electrons. The lowest BCUT2D eigenvalue weighted by atomic mass is 10.1. The summed E-state index contributed by atoms with van der Waals surface area (Å²) in [4.78, 5) is 11.7. The third-order valence-electron chi connectivity index (χ3n) is 7.55. The van der Waals surface area contributed by atoms with E-state index < -0.39 is 0 Å². The summed E-state index contributed by atoms with van der Waals surface area (Å²) in [6.07, 6.45) is 2.76. The maximum absolute atomic E-state index is 14.5. The van der Waals surface area contributed by atoms with Gasteiger partial charge in [0.2, 0.25) is 5.95 Å². The maximum Gasteiger partial charge on any atom is 0.246 e. The fraction of sp³-hybridized carbons (Fsp3) is 0.481. The number of hydrogen-bond donors (Lipinski definition) is 1. The van der Waals surface area contributed by atoms with E-state index in [0.29, 0.717) is 23.6 Å². The zero-order chi connectivity index (χ0) is 24.6. The predicted octanol–water partition coefficient (Wildman–Crippen LogP) is 3.83. The molecule has 4 heterocycles. The van der Waals surface area contributed by atoms with Crippen LogP contribution in [0, 0.1) is 18.7 Å². The summed E-state index contributed by atoms with van der Waals surface area (Å²) >= 11 is 0. The Morgan fingerprint density at radius 2 is 1.69 bits per heavy atom. The number of ether oxygens (including phenoxy) is 1. The number of aryl methyl sites for hydroxylation is 1. The number of nitrogens with one attached hydrogen (secondary N) is 1. The molecule has 0 unspecified atom stereocenters. The molecule has 0 bridgehead atoms. The number of nitrogens with zero attached hydrogens (tertiary/aromatic N) is 6. The normalized spacial score (nSPS) is 21.1. The quantitative estimate of drug-likeness (QED) is 0.562. The molecular formula is C27H34FN7O. The molecule has 1 N–H and O–H groups in total. The van der Waals surface area contributed by atoms with E-state index in [2.05, 4.69) is 62.1 Å². The zero-order valence-corrected chi connectivity index (χ0v) is 21.0. The highest BCUT2D eigenvalue weighted by Crippen LogP contribution is 2.28. The van der Waals surface area contributed by atoms with Crippen molar-refractivity contribution in [2.45, 2.75) is 26.3 Å². The smallest absolute Gasteiger partial charge is 0.246 e. The van der Waals surface area contributed by atoms with Crippen molar-refractivity contribution in [1.82, 2.24) is 19.7 Å². The van der Waals surface area contributed by atoms with Crippen molar-refractivity contribution in [3.8, 4) is 5.69 Å². The van der Waals surface area contributed by atoms with E-state index >= 15 is 0 Å². The molecule has 6 rings (SSSR count). The minimum Gasteiger partial charge on any atom is -0.378 e. The molecule has 3 saturated heterocycles. The van der Waals surface area contributed by atoms with E-state index in [-0.39, 0.29) is 5.82 Å². The van der Waals surface area contributed by atoms with Crippen molar-refractivity contribution in [3.05, 3.63) is 54.1 Å². The largest absolute Gasteiger partial charge is 0.378 e. The highest BCUT2D eigenvalue weighted by Gasteiger charge is 2.29. The second kappa shape index (κ2) is 9.71. The highest BCUT2D eigenvalue weighted by molar-refractivity contribution is 5.64. The van der Waals surface area contributed by atoms with Crippen LogP contribution in [0.25, 0.3) is 5.69 Å². The van der Waals surface area contributed by atoms with Gasteiger partial charge in [0.1, 0.15) is 12.1 Å². The molecule has 0 saturated carbocycles. The molecule has 3 fully saturated rings. The monoisotopic (exact) mass is 491 g/mol. The van der Waals surface area contributed by atoms with Crippen molar-refractivity contribution in [3.63, 3.8) is 0 Å². The number of aromatic nitrogens is 3. The van der Waals surface area contributed by atoms with Crippen molar-refractivity contribution in [2.24, 2.45) is 5.92 Å². The molecule has 8 nitrogen and oxygen atoms in total. The summed E-state index contributed by atoms with van der Waals surface area (Å²) in [6.45, 7) is 12.1. The molecule has 3 aromatic rings. The number of piperazine rings is 1. The lowest BCUT2D eigenvalue weighted by Gasteiger charge is -2.43. The van der Waals surface area contributed by atoms with Gasteiger partial charge in [-0.15, -0.1) is 5.10 Å². The zero-order valence-electron chi connectivity index (χ0n) is 21.0. The highest BCUT2D eigenvalue weighted by atomic mass is 19.1. The first-order chi connectivity index (χ1) is 17.5. The van der Waals surface area contributed by atoms with Gasteiger partial charge in [-0.3, -0.25) is 4.90 Å². The van der Waals surface area contributed by atoms with E-state index in [4.69, 9.17) is 4.74 Å². The molecule has 0 aliphatic carbocycles. The Balaban J connectivity index is 1.16. The third-order valence-corrected chi connectivity index (χ3v) is 7.55. The standard InChI is InChI=1S/C27H34FN7O/c1-19-3-4-34(15-19)24-11-21(28)12-25(14-24)35-18-29-27(31-35)30-22-9-20(2)10-23(13-22)32-5-7-33(8-6-32)26-16-36-17-26/h9-14,18-19,26H,3-8,15-17H2,1-2H3,(H,30,31)/t19-/m1/s1. The van der Waals surface area contributed by atoms with Gasteiger partial charge in [-0.25, -0.2) is 9.07 Å². The number of anilines is 4. The molecule has 2 aromatic carbocycles. The summed E-state index contributed by atoms with van der Waals surface area (Å²) in [5.74, 6) is 0.849. The van der Waals surface area contributed by atoms with Crippen LogP contribution >= 0.6 is 0 Å².